The molecule has 2 N–H and O–H groups in total. The van der Waals surface area contributed by atoms with Crippen LogP contribution in [0.3, 0.4) is 0 Å². The quantitative estimate of drug-likeness (QED) is 0.589. The van der Waals surface area contributed by atoms with Crippen molar-refractivity contribution >= 4 is 33.7 Å². The molecule has 0 aromatic carbocycles. The minimum atomic E-state index is 0.342. The van der Waals surface area contributed by atoms with Gasteiger partial charge in [-0.3, -0.25) is 5.10 Å². The second kappa shape index (κ2) is 5.81. The molecule has 0 amide bonds. The molecule has 1 fully saturated rings. The van der Waals surface area contributed by atoms with Gasteiger partial charge in [-0.2, -0.15) is 15.3 Å². The number of rotatable bonds is 3. The van der Waals surface area contributed by atoms with E-state index >= 15 is 0 Å². The fourth-order valence-corrected chi connectivity index (χ4v) is 3.72. The monoisotopic (exact) mass is 344 g/mol. The number of nitrogens with zero attached hydrogens (tertiary/aromatic N) is 6. The van der Waals surface area contributed by atoms with Gasteiger partial charge in [0.25, 0.3) is 0 Å². The number of H-pyrrole nitrogens is 1. The first-order valence-corrected chi connectivity index (χ1v) is 8.66. The molecule has 0 aliphatic heterocycles. The number of nitrogens with one attached hydrogen (secondary N) is 2. The van der Waals surface area contributed by atoms with E-state index in [9.17, 15) is 5.26 Å². The first-order chi connectivity index (χ1) is 12.8. The highest BCUT2D eigenvalue weighted by Crippen LogP contribution is 2.34. The lowest BCUT2D eigenvalue weighted by molar-refractivity contribution is 0.528. The van der Waals surface area contributed by atoms with Crippen molar-refractivity contribution in [3.05, 3.63) is 36.4 Å². The molecular formula is C18H16N8. The molecule has 0 bridgehead atoms. The summed E-state index contributed by atoms with van der Waals surface area (Å²) in [7, 11) is 0. The van der Waals surface area contributed by atoms with E-state index < -0.39 is 0 Å². The fraction of sp³-hybridized carbons (Fsp3) is 0.278. The highest BCUT2D eigenvalue weighted by Gasteiger charge is 2.22. The summed E-state index contributed by atoms with van der Waals surface area (Å²) in [5.41, 5.74) is 2.99. The van der Waals surface area contributed by atoms with Gasteiger partial charge >= 0.3 is 0 Å². The molecule has 4 aromatic heterocycles. The summed E-state index contributed by atoms with van der Waals surface area (Å²) in [4.78, 5) is 13.4. The van der Waals surface area contributed by atoms with Crippen molar-refractivity contribution in [2.45, 2.75) is 31.7 Å². The third-order valence-electron chi connectivity index (χ3n) is 4.93. The molecule has 128 valence electrons. The van der Waals surface area contributed by atoms with Gasteiger partial charge in [0.05, 0.1) is 18.1 Å². The van der Waals surface area contributed by atoms with E-state index in [4.69, 9.17) is 0 Å². The van der Waals surface area contributed by atoms with Crippen molar-refractivity contribution in [1.82, 2.24) is 29.7 Å². The molecule has 0 saturated heterocycles. The van der Waals surface area contributed by atoms with Crippen LogP contribution in [0, 0.1) is 11.3 Å². The minimum Gasteiger partial charge on any atom is -0.323 e. The molecule has 1 aliphatic carbocycles. The minimum absolute atomic E-state index is 0.342. The predicted octanol–water partition coefficient (Wildman–Crippen LogP) is 3.43. The summed E-state index contributed by atoms with van der Waals surface area (Å²) in [6.45, 7) is 0. The van der Waals surface area contributed by atoms with Crippen LogP contribution in [0.5, 0.6) is 0 Å². The number of hydrogen-bond donors (Lipinski definition) is 2. The SMILES string of the molecule is N#Cc1cc2cnc(Nc3cnc4[nH]ncc4c3)nc2n1C1CCCC1. The summed E-state index contributed by atoms with van der Waals surface area (Å²) in [6, 6.07) is 6.46. The van der Waals surface area contributed by atoms with Crippen molar-refractivity contribution in [2.75, 3.05) is 5.32 Å². The zero-order valence-corrected chi connectivity index (χ0v) is 14.0. The Bertz CT molecular complexity index is 1140. The molecule has 0 unspecified atom stereocenters. The second-order valence-corrected chi connectivity index (χ2v) is 6.58. The molecule has 26 heavy (non-hydrogen) atoms. The van der Waals surface area contributed by atoms with Crippen LogP contribution in [-0.4, -0.2) is 29.7 Å². The predicted molar refractivity (Wildman–Crippen MR) is 96.9 cm³/mol. The van der Waals surface area contributed by atoms with Gasteiger partial charge in [-0.05, 0) is 25.0 Å². The highest BCUT2D eigenvalue weighted by atomic mass is 15.2. The zero-order valence-electron chi connectivity index (χ0n) is 14.0. The third-order valence-corrected chi connectivity index (χ3v) is 4.93. The van der Waals surface area contributed by atoms with Crippen LogP contribution >= 0.6 is 0 Å². The summed E-state index contributed by atoms with van der Waals surface area (Å²) < 4.78 is 2.08. The highest BCUT2D eigenvalue weighted by molar-refractivity contribution is 5.81. The molecule has 1 saturated carbocycles. The van der Waals surface area contributed by atoms with Gasteiger partial charge in [-0.1, -0.05) is 12.8 Å². The Morgan fingerprint density at radius 1 is 1.12 bits per heavy atom. The number of fused-ring (bicyclic) bond motifs is 2. The van der Waals surface area contributed by atoms with Crippen LogP contribution in [0.2, 0.25) is 0 Å². The molecule has 4 aromatic rings. The smallest absolute Gasteiger partial charge is 0.229 e. The van der Waals surface area contributed by atoms with Gasteiger partial charge in [0, 0.05) is 23.0 Å². The topological polar surface area (TPSA) is 108 Å². The van der Waals surface area contributed by atoms with Gasteiger partial charge in [0.15, 0.2) is 5.65 Å². The van der Waals surface area contributed by atoms with Crippen molar-refractivity contribution in [2.24, 2.45) is 0 Å². The van der Waals surface area contributed by atoms with E-state index in [1.165, 1.54) is 12.8 Å². The number of hydrogen-bond acceptors (Lipinski definition) is 6. The van der Waals surface area contributed by atoms with Gasteiger partial charge in [-0.25, -0.2) is 9.97 Å². The molecule has 1 aliphatic rings. The van der Waals surface area contributed by atoms with Crippen molar-refractivity contribution in [1.29, 1.82) is 5.26 Å². The van der Waals surface area contributed by atoms with E-state index in [0.29, 0.717) is 17.7 Å². The van der Waals surface area contributed by atoms with E-state index in [0.717, 1.165) is 40.6 Å². The third kappa shape index (κ3) is 2.37. The number of anilines is 2. The number of pyridine rings is 1. The van der Waals surface area contributed by atoms with Gasteiger partial charge in [0.1, 0.15) is 17.4 Å². The maximum atomic E-state index is 9.51. The van der Waals surface area contributed by atoms with Crippen LogP contribution in [0.25, 0.3) is 22.1 Å². The number of nitriles is 1. The first-order valence-electron chi connectivity index (χ1n) is 8.66. The van der Waals surface area contributed by atoms with Crippen molar-refractivity contribution < 1.29 is 0 Å². The van der Waals surface area contributed by atoms with Crippen molar-refractivity contribution in [3.63, 3.8) is 0 Å². The average Bonchev–Trinajstić information content (AvgIpc) is 3.39. The lowest BCUT2D eigenvalue weighted by Crippen LogP contribution is -2.08. The molecule has 4 heterocycles. The van der Waals surface area contributed by atoms with Gasteiger partial charge in [0.2, 0.25) is 5.95 Å². The normalized spacial score (nSPS) is 14.9. The van der Waals surface area contributed by atoms with Gasteiger partial charge < -0.3 is 9.88 Å². The van der Waals surface area contributed by atoms with Gasteiger partial charge in [-0.15, -0.1) is 0 Å². The standard InChI is InChI=1S/C18H16N8/c19-7-15-6-12-8-21-18(24-17(12)26(15)14-3-1-2-4-14)23-13-5-11-9-22-25-16(11)20-10-13/h5-6,8-10,14H,1-4H2,(H,20,22,25)(H,21,23,24). The van der Waals surface area contributed by atoms with Crippen LogP contribution in [-0.2, 0) is 0 Å². The van der Waals surface area contributed by atoms with Crippen LogP contribution in [0.4, 0.5) is 11.6 Å². The fourth-order valence-electron chi connectivity index (χ4n) is 3.72. The van der Waals surface area contributed by atoms with E-state index in [1.807, 2.05) is 12.1 Å². The Balaban J connectivity index is 1.56. The number of aromatic nitrogens is 6. The maximum Gasteiger partial charge on any atom is 0.229 e. The Hall–Kier alpha value is -3.47. The molecule has 0 radical (unpaired) electrons. The summed E-state index contributed by atoms with van der Waals surface area (Å²) in [6.07, 6.45) is 9.77. The lowest BCUT2D eigenvalue weighted by Gasteiger charge is -2.14. The maximum absolute atomic E-state index is 9.51. The Morgan fingerprint density at radius 2 is 2.00 bits per heavy atom. The Morgan fingerprint density at radius 3 is 2.85 bits per heavy atom. The van der Waals surface area contributed by atoms with Crippen LogP contribution in [0.1, 0.15) is 37.4 Å². The summed E-state index contributed by atoms with van der Waals surface area (Å²) in [5.74, 6) is 0.490. The lowest BCUT2D eigenvalue weighted by atomic mass is 10.2. The second-order valence-electron chi connectivity index (χ2n) is 6.58. The largest absolute Gasteiger partial charge is 0.323 e. The van der Waals surface area contributed by atoms with Crippen molar-refractivity contribution in [3.8, 4) is 6.07 Å². The number of aromatic amines is 1. The summed E-state index contributed by atoms with van der Waals surface area (Å²) >= 11 is 0. The first kappa shape index (κ1) is 14.8. The summed E-state index contributed by atoms with van der Waals surface area (Å²) in [5, 5.41) is 21.3. The molecule has 0 atom stereocenters. The Kier molecular flexibility index (Phi) is 3.31. The van der Waals surface area contributed by atoms with Crippen LogP contribution in [0.15, 0.2) is 30.7 Å². The molecule has 8 heteroatoms. The van der Waals surface area contributed by atoms with E-state index in [-0.39, 0.29) is 0 Å². The molecule has 0 spiro atoms. The van der Waals surface area contributed by atoms with Crippen LogP contribution < -0.4 is 5.32 Å². The Labute approximate surface area is 148 Å². The molecular weight excluding hydrogens is 328 g/mol. The zero-order chi connectivity index (χ0) is 17.5. The molecule has 5 rings (SSSR count). The average molecular weight is 344 g/mol. The van der Waals surface area contributed by atoms with E-state index in [2.05, 4.69) is 41.1 Å². The van der Waals surface area contributed by atoms with E-state index in [1.54, 1.807) is 18.6 Å². The molecule has 8 nitrogen and oxygen atoms in total.